The van der Waals surface area contributed by atoms with Crippen molar-refractivity contribution in [3.05, 3.63) is 29.6 Å². The number of hydrogen-bond donors (Lipinski definition) is 1. The Bertz CT molecular complexity index is 458. The van der Waals surface area contributed by atoms with Gasteiger partial charge in [-0.05, 0) is 30.5 Å². The molecule has 0 saturated carbocycles. The molecule has 0 fully saturated rings. The molecule has 0 amide bonds. The van der Waals surface area contributed by atoms with E-state index in [0.29, 0.717) is 12.1 Å². The van der Waals surface area contributed by atoms with E-state index in [-0.39, 0.29) is 13.0 Å². The molecule has 1 aliphatic rings. The maximum Gasteiger partial charge on any atom is 0.410 e. The highest BCUT2D eigenvalue weighted by atomic mass is 19.4. The highest BCUT2D eigenvalue weighted by Gasteiger charge is 2.48. The van der Waals surface area contributed by atoms with Crippen LogP contribution in [-0.2, 0) is 6.42 Å². The zero-order valence-electron chi connectivity index (χ0n) is 10.5. The molecule has 0 aliphatic carbocycles. The van der Waals surface area contributed by atoms with E-state index in [0.717, 1.165) is 11.6 Å². The van der Waals surface area contributed by atoms with Gasteiger partial charge in [0.25, 0.3) is 0 Å². The first-order valence-corrected chi connectivity index (χ1v) is 6.22. The van der Waals surface area contributed by atoms with Gasteiger partial charge in [0.1, 0.15) is 11.9 Å². The zero-order valence-corrected chi connectivity index (χ0v) is 10.5. The van der Waals surface area contributed by atoms with Crippen molar-refractivity contribution in [1.29, 1.82) is 0 Å². The van der Waals surface area contributed by atoms with Gasteiger partial charge < -0.3 is 10.6 Å². The molecule has 1 heterocycles. The average Bonchev–Trinajstić information content (AvgIpc) is 2.70. The Morgan fingerprint density at radius 1 is 1.37 bits per heavy atom. The molecule has 106 valence electrons. The van der Waals surface area contributed by atoms with Crippen molar-refractivity contribution in [3.8, 4) is 0 Å². The first-order chi connectivity index (χ1) is 8.84. The maximum absolute atomic E-state index is 13.2. The number of benzene rings is 1. The minimum absolute atomic E-state index is 0.214. The fourth-order valence-corrected chi connectivity index (χ4v) is 2.54. The summed E-state index contributed by atoms with van der Waals surface area (Å²) in [6.45, 7) is 1.84. The Morgan fingerprint density at radius 2 is 2.05 bits per heavy atom. The summed E-state index contributed by atoms with van der Waals surface area (Å²) in [7, 11) is 0. The van der Waals surface area contributed by atoms with Crippen LogP contribution in [0.15, 0.2) is 18.2 Å². The fraction of sp³-hybridized carbons (Fsp3) is 0.538. The average molecular weight is 276 g/mol. The molecule has 1 aliphatic heterocycles. The zero-order chi connectivity index (χ0) is 14.2. The highest BCUT2D eigenvalue weighted by molar-refractivity contribution is 5.59. The van der Waals surface area contributed by atoms with Crippen LogP contribution in [0.1, 0.15) is 18.9 Å². The number of anilines is 1. The number of nitrogens with zero attached hydrogens (tertiary/aromatic N) is 1. The van der Waals surface area contributed by atoms with Crippen molar-refractivity contribution in [1.82, 2.24) is 0 Å². The van der Waals surface area contributed by atoms with Crippen LogP contribution < -0.4 is 10.6 Å². The second-order valence-corrected chi connectivity index (χ2v) is 4.77. The largest absolute Gasteiger partial charge is 0.410 e. The van der Waals surface area contributed by atoms with Gasteiger partial charge in [0, 0.05) is 18.3 Å². The van der Waals surface area contributed by atoms with Crippen molar-refractivity contribution in [2.75, 3.05) is 11.4 Å². The summed E-state index contributed by atoms with van der Waals surface area (Å²) >= 11 is 0. The van der Waals surface area contributed by atoms with Gasteiger partial charge in [-0.15, -0.1) is 0 Å². The van der Waals surface area contributed by atoms with E-state index < -0.39 is 24.1 Å². The number of hydrogen-bond acceptors (Lipinski definition) is 2. The second-order valence-electron chi connectivity index (χ2n) is 4.77. The van der Waals surface area contributed by atoms with Gasteiger partial charge in [-0.1, -0.05) is 13.0 Å². The first-order valence-electron chi connectivity index (χ1n) is 6.22. The van der Waals surface area contributed by atoms with Crippen LogP contribution in [0, 0.1) is 5.82 Å². The Kier molecular flexibility index (Phi) is 3.71. The molecule has 2 rings (SSSR count). The summed E-state index contributed by atoms with van der Waals surface area (Å²) in [5, 5.41) is 0. The SMILES string of the molecule is CCC(N)C(N1CCc2ccc(F)cc21)C(F)(F)F. The molecule has 0 bridgehead atoms. The fourth-order valence-electron chi connectivity index (χ4n) is 2.54. The lowest BCUT2D eigenvalue weighted by Crippen LogP contribution is -2.55. The van der Waals surface area contributed by atoms with E-state index in [1.54, 1.807) is 6.92 Å². The molecular formula is C13H16F4N2. The number of fused-ring (bicyclic) bond motifs is 1. The van der Waals surface area contributed by atoms with Crippen LogP contribution in [0.25, 0.3) is 0 Å². The van der Waals surface area contributed by atoms with E-state index in [4.69, 9.17) is 5.73 Å². The molecule has 19 heavy (non-hydrogen) atoms. The predicted molar refractivity (Wildman–Crippen MR) is 65.6 cm³/mol. The van der Waals surface area contributed by atoms with E-state index >= 15 is 0 Å². The summed E-state index contributed by atoms with van der Waals surface area (Å²) in [4.78, 5) is 1.19. The number of alkyl halides is 3. The third-order valence-corrected chi connectivity index (χ3v) is 3.53. The lowest BCUT2D eigenvalue weighted by atomic mass is 10.0. The third kappa shape index (κ3) is 2.68. The number of nitrogens with two attached hydrogens (primary N) is 1. The predicted octanol–water partition coefficient (Wildman–Crippen LogP) is 2.86. The Hall–Kier alpha value is -1.30. The van der Waals surface area contributed by atoms with Gasteiger partial charge in [0.2, 0.25) is 0 Å². The molecule has 2 unspecified atom stereocenters. The summed E-state index contributed by atoms with van der Waals surface area (Å²) < 4.78 is 52.8. The molecule has 2 N–H and O–H groups in total. The lowest BCUT2D eigenvalue weighted by molar-refractivity contribution is -0.153. The van der Waals surface area contributed by atoms with Crippen LogP contribution in [-0.4, -0.2) is 24.8 Å². The minimum atomic E-state index is -4.43. The first kappa shape index (κ1) is 14.1. The Morgan fingerprint density at radius 3 is 2.63 bits per heavy atom. The van der Waals surface area contributed by atoms with Crippen molar-refractivity contribution in [2.45, 2.75) is 38.0 Å². The van der Waals surface area contributed by atoms with E-state index in [9.17, 15) is 17.6 Å². The van der Waals surface area contributed by atoms with Crippen LogP contribution in [0.4, 0.5) is 23.2 Å². The Labute approximate surface area is 109 Å². The van der Waals surface area contributed by atoms with E-state index in [1.165, 1.54) is 17.0 Å². The second kappa shape index (κ2) is 5.00. The summed E-state index contributed by atoms with van der Waals surface area (Å²) in [6, 6.07) is 1.18. The molecule has 2 nitrogen and oxygen atoms in total. The normalized spacial score (nSPS) is 18.3. The standard InChI is InChI=1S/C13H16F4N2/c1-2-10(18)12(13(15,16)17)19-6-5-8-3-4-9(14)7-11(8)19/h3-4,7,10,12H,2,5-6,18H2,1H3. The van der Waals surface area contributed by atoms with E-state index in [1.807, 2.05) is 0 Å². The van der Waals surface area contributed by atoms with Crippen molar-refractivity contribution < 1.29 is 17.6 Å². The molecule has 0 radical (unpaired) electrons. The maximum atomic E-state index is 13.2. The van der Waals surface area contributed by atoms with Crippen molar-refractivity contribution in [2.24, 2.45) is 5.73 Å². The minimum Gasteiger partial charge on any atom is -0.358 e. The quantitative estimate of drug-likeness (QED) is 0.860. The summed E-state index contributed by atoms with van der Waals surface area (Å²) in [6.07, 6.45) is -3.73. The van der Waals surface area contributed by atoms with Crippen LogP contribution >= 0.6 is 0 Å². The molecule has 2 atom stereocenters. The third-order valence-electron chi connectivity index (χ3n) is 3.53. The van der Waals surface area contributed by atoms with Gasteiger partial charge >= 0.3 is 6.18 Å². The molecule has 1 aromatic rings. The molecular weight excluding hydrogens is 260 g/mol. The monoisotopic (exact) mass is 276 g/mol. The van der Waals surface area contributed by atoms with Gasteiger partial charge in [-0.3, -0.25) is 0 Å². The smallest absolute Gasteiger partial charge is 0.358 e. The molecule has 1 aromatic carbocycles. The highest BCUT2D eigenvalue weighted by Crippen LogP contribution is 2.37. The number of halogens is 4. The number of rotatable bonds is 3. The van der Waals surface area contributed by atoms with Crippen molar-refractivity contribution in [3.63, 3.8) is 0 Å². The van der Waals surface area contributed by atoms with Gasteiger partial charge in [0.05, 0.1) is 0 Å². The van der Waals surface area contributed by atoms with Crippen LogP contribution in [0.5, 0.6) is 0 Å². The van der Waals surface area contributed by atoms with Crippen LogP contribution in [0.2, 0.25) is 0 Å². The van der Waals surface area contributed by atoms with E-state index in [2.05, 4.69) is 0 Å². The lowest BCUT2D eigenvalue weighted by Gasteiger charge is -2.35. The summed E-state index contributed by atoms with van der Waals surface area (Å²) in [5.41, 5.74) is 6.67. The van der Waals surface area contributed by atoms with Gasteiger partial charge in [0.15, 0.2) is 0 Å². The molecule has 0 spiro atoms. The van der Waals surface area contributed by atoms with Gasteiger partial charge in [-0.2, -0.15) is 13.2 Å². The molecule has 0 saturated heterocycles. The molecule has 6 heteroatoms. The van der Waals surface area contributed by atoms with Crippen molar-refractivity contribution >= 4 is 5.69 Å². The van der Waals surface area contributed by atoms with Crippen LogP contribution in [0.3, 0.4) is 0 Å². The molecule has 0 aromatic heterocycles. The topological polar surface area (TPSA) is 29.3 Å². The Balaban J connectivity index is 2.39. The summed E-state index contributed by atoms with van der Waals surface area (Å²) in [5.74, 6) is -0.531. The van der Waals surface area contributed by atoms with Gasteiger partial charge in [-0.25, -0.2) is 4.39 Å².